The molecule has 82 valence electrons. The lowest BCUT2D eigenvalue weighted by Crippen LogP contribution is -1.92. The van der Waals surface area contributed by atoms with Crippen molar-refractivity contribution < 1.29 is 4.74 Å². The quantitative estimate of drug-likeness (QED) is 0.810. The van der Waals surface area contributed by atoms with Crippen molar-refractivity contribution in [3.8, 4) is 11.5 Å². The van der Waals surface area contributed by atoms with E-state index in [0.717, 1.165) is 5.69 Å². The van der Waals surface area contributed by atoms with Gasteiger partial charge in [0.2, 0.25) is 0 Å². The predicted molar refractivity (Wildman–Crippen MR) is 64.9 cm³/mol. The molecule has 0 fully saturated rings. The summed E-state index contributed by atoms with van der Waals surface area (Å²) in [5.41, 5.74) is 7.25. The van der Waals surface area contributed by atoms with Gasteiger partial charge in [0.1, 0.15) is 5.75 Å². The Morgan fingerprint density at radius 1 is 1.25 bits per heavy atom. The molecule has 1 heterocycles. The number of hydrogen-bond acceptors (Lipinski definition) is 3. The van der Waals surface area contributed by atoms with E-state index in [2.05, 4.69) is 4.98 Å². The van der Waals surface area contributed by atoms with E-state index in [1.807, 2.05) is 19.1 Å². The zero-order valence-corrected chi connectivity index (χ0v) is 9.53. The second-order valence-electron chi connectivity index (χ2n) is 3.42. The van der Waals surface area contributed by atoms with Crippen molar-refractivity contribution in [2.75, 3.05) is 5.73 Å². The summed E-state index contributed by atoms with van der Waals surface area (Å²) < 4.78 is 5.57. The van der Waals surface area contributed by atoms with Crippen molar-refractivity contribution in [2.24, 2.45) is 0 Å². The number of aryl methyl sites for hydroxylation is 1. The molecule has 0 aliphatic carbocycles. The Bertz CT molecular complexity index is 497. The Labute approximate surface area is 98.8 Å². The van der Waals surface area contributed by atoms with E-state index in [1.165, 1.54) is 0 Å². The van der Waals surface area contributed by atoms with Gasteiger partial charge in [-0.05, 0) is 31.2 Å². The monoisotopic (exact) mass is 234 g/mol. The van der Waals surface area contributed by atoms with Crippen LogP contribution in [0.15, 0.2) is 36.5 Å². The van der Waals surface area contributed by atoms with Crippen LogP contribution in [0.1, 0.15) is 5.69 Å². The van der Waals surface area contributed by atoms with Crippen LogP contribution >= 0.6 is 11.6 Å². The Hall–Kier alpha value is -1.74. The molecule has 16 heavy (non-hydrogen) atoms. The summed E-state index contributed by atoms with van der Waals surface area (Å²) in [5.74, 6) is 1.18. The van der Waals surface area contributed by atoms with Crippen LogP contribution in [-0.2, 0) is 0 Å². The summed E-state index contributed by atoms with van der Waals surface area (Å²) >= 11 is 5.86. The van der Waals surface area contributed by atoms with Gasteiger partial charge in [-0.2, -0.15) is 0 Å². The standard InChI is InChI=1S/C12H11ClN2O/c1-8-2-4-10(7-15-8)16-12-6-9(13)3-5-11(12)14/h2-7H,14H2,1H3. The molecule has 0 radical (unpaired) electrons. The first-order valence-corrected chi connectivity index (χ1v) is 5.18. The molecule has 3 nitrogen and oxygen atoms in total. The Morgan fingerprint density at radius 2 is 2.06 bits per heavy atom. The number of benzene rings is 1. The van der Waals surface area contributed by atoms with Gasteiger partial charge in [0, 0.05) is 16.8 Å². The first-order valence-electron chi connectivity index (χ1n) is 4.81. The van der Waals surface area contributed by atoms with E-state index < -0.39 is 0 Å². The van der Waals surface area contributed by atoms with E-state index in [9.17, 15) is 0 Å². The third-order valence-corrected chi connectivity index (χ3v) is 2.32. The molecule has 4 heteroatoms. The van der Waals surface area contributed by atoms with Crippen LogP contribution in [0.2, 0.25) is 5.02 Å². The number of rotatable bonds is 2. The third kappa shape index (κ3) is 2.44. The van der Waals surface area contributed by atoms with Gasteiger partial charge in [-0.25, -0.2) is 0 Å². The van der Waals surface area contributed by atoms with Crippen LogP contribution in [-0.4, -0.2) is 4.98 Å². The molecule has 0 amide bonds. The van der Waals surface area contributed by atoms with Crippen LogP contribution in [0.3, 0.4) is 0 Å². The lowest BCUT2D eigenvalue weighted by atomic mass is 10.3. The van der Waals surface area contributed by atoms with Crippen LogP contribution in [0.25, 0.3) is 0 Å². The van der Waals surface area contributed by atoms with Gasteiger partial charge in [-0.15, -0.1) is 0 Å². The highest BCUT2D eigenvalue weighted by Crippen LogP contribution is 2.29. The van der Waals surface area contributed by atoms with Gasteiger partial charge >= 0.3 is 0 Å². The predicted octanol–water partition coefficient (Wildman–Crippen LogP) is 3.42. The smallest absolute Gasteiger partial charge is 0.151 e. The molecular formula is C12H11ClN2O. The second-order valence-corrected chi connectivity index (χ2v) is 3.86. The third-order valence-electron chi connectivity index (χ3n) is 2.09. The maximum Gasteiger partial charge on any atom is 0.151 e. The van der Waals surface area contributed by atoms with Gasteiger partial charge < -0.3 is 10.5 Å². The topological polar surface area (TPSA) is 48.1 Å². The zero-order chi connectivity index (χ0) is 11.5. The first kappa shape index (κ1) is 10.8. The number of nitrogens with two attached hydrogens (primary N) is 1. The highest BCUT2D eigenvalue weighted by molar-refractivity contribution is 6.30. The van der Waals surface area contributed by atoms with Gasteiger partial charge in [-0.3, -0.25) is 4.98 Å². The summed E-state index contributed by atoms with van der Waals surface area (Å²) in [6, 6.07) is 8.81. The number of hydrogen-bond donors (Lipinski definition) is 1. The second kappa shape index (κ2) is 4.41. The summed E-state index contributed by atoms with van der Waals surface area (Å²) in [6.45, 7) is 1.91. The summed E-state index contributed by atoms with van der Waals surface area (Å²) in [6.07, 6.45) is 1.65. The minimum Gasteiger partial charge on any atom is -0.454 e. The summed E-state index contributed by atoms with van der Waals surface area (Å²) in [4.78, 5) is 4.13. The molecule has 0 aliphatic rings. The Morgan fingerprint density at radius 3 is 2.75 bits per heavy atom. The lowest BCUT2D eigenvalue weighted by Gasteiger charge is -2.08. The average Bonchev–Trinajstić information content (AvgIpc) is 2.27. The average molecular weight is 235 g/mol. The van der Waals surface area contributed by atoms with Crippen molar-refractivity contribution in [2.45, 2.75) is 6.92 Å². The molecule has 0 bridgehead atoms. The van der Waals surface area contributed by atoms with E-state index in [-0.39, 0.29) is 0 Å². The largest absolute Gasteiger partial charge is 0.454 e. The molecule has 2 aromatic rings. The van der Waals surface area contributed by atoms with Crippen molar-refractivity contribution in [3.63, 3.8) is 0 Å². The van der Waals surface area contributed by atoms with Crippen LogP contribution in [0.5, 0.6) is 11.5 Å². The van der Waals surface area contributed by atoms with Crippen molar-refractivity contribution in [3.05, 3.63) is 47.2 Å². The van der Waals surface area contributed by atoms with Gasteiger partial charge in [0.15, 0.2) is 5.75 Å². The molecule has 2 N–H and O–H groups in total. The summed E-state index contributed by atoms with van der Waals surface area (Å²) in [5, 5.41) is 0.587. The van der Waals surface area contributed by atoms with E-state index in [0.29, 0.717) is 22.2 Å². The van der Waals surface area contributed by atoms with E-state index in [1.54, 1.807) is 24.4 Å². The molecule has 0 atom stereocenters. The molecule has 2 rings (SSSR count). The maximum atomic E-state index is 5.86. The number of halogens is 1. The number of aromatic nitrogens is 1. The normalized spacial score (nSPS) is 10.1. The molecule has 0 unspecified atom stereocenters. The molecule has 1 aromatic heterocycles. The minimum absolute atomic E-state index is 0.540. The number of anilines is 1. The zero-order valence-electron chi connectivity index (χ0n) is 8.77. The minimum atomic E-state index is 0.540. The lowest BCUT2D eigenvalue weighted by molar-refractivity contribution is 0.482. The van der Waals surface area contributed by atoms with Crippen molar-refractivity contribution in [1.29, 1.82) is 0 Å². The highest BCUT2D eigenvalue weighted by Gasteiger charge is 2.03. The van der Waals surface area contributed by atoms with Crippen molar-refractivity contribution >= 4 is 17.3 Å². The maximum absolute atomic E-state index is 5.86. The van der Waals surface area contributed by atoms with Crippen molar-refractivity contribution in [1.82, 2.24) is 4.98 Å². The number of nitrogen functional groups attached to an aromatic ring is 1. The number of ether oxygens (including phenoxy) is 1. The van der Waals surface area contributed by atoms with Crippen LogP contribution < -0.4 is 10.5 Å². The molecule has 0 saturated carbocycles. The fourth-order valence-electron chi connectivity index (χ4n) is 1.24. The van der Waals surface area contributed by atoms with Crippen LogP contribution in [0.4, 0.5) is 5.69 Å². The molecule has 1 aromatic carbocycles. The number of pyridine rings is 1. The van der Waals surface area contributed by atoms with Crippen LogP contribution in [0, 0.1) is 6.92 Å². The highest BCUT2D eigenvalue weighted by atomic mass is 35.5. The first-order chi connectivity index (χ1) is 7.65. The fraction of sp³-hybridized carbons (Fsp3) is 0.0833. The van der Waals surface area contributed by atoms with Gasteiger partial charge in [0.25, 0.3) is 0 Å². The van der Waals surface area contributed by atoms with E-state index in [4.69, 9.17) is 22.1 Å². The summed E-state index contributed by atoms with van der Waals surface area (Å²) in [7, 11) is 0. The fourth-order valence-corrected chi connectivity index (χ4v) is 1.40. The molecule has 0 aliphatic heterocycles. The SMILES string of the molecule is Cc1ccc(Oc2cc(Cl)ccc2N)cn1. The number of nitrogens with zero attached hydrogens (tertiary/aromatic N) is 1. The molecule has 0 spiro atoms. The Kier molecular flexibility index (Phi) is 2.97. The van der Waals surface area contributed by atoms with E-state index >= 15 is 0 Å². The molecule has 0 saturated heterocycles. The Balaban J connectivity index is 2.26. The molecular weight excluding hydrogens is 224 g/mol. The van der Waals surface area contributed by atoms with Gasteiger partial charge in [0.05, 0.1) is 11.9 Å². The van der Waals surface area contributed by atoms with Gasteiger partial charge in [-0.1, -0.05) is 11.6 Å².